The van der Waals surface area contributed by atoms with Crippen LogP contribution in [-0.2, 0) is 17.9 Å². The molecule has 0 aliphatic carbocycles. The van der Waals surface area contributed by atoms with Crippen LogP contribution in [0.2, 0.25) is 0 Å². The van der Waals surface area contributed by atoms with E-state index in [1.807, 2.05) is 23.2 Å². The number of rotatable bonds is 8. The molecular weight excluding hydrogens is 499 g/mol. The Morgan fingerprint density at radius 2 is 1.87 bits per heavy atom. The van der Waals surface area contributed by atoms with Gasteiger partial charge < -0.3 is 19.7 Å². The zero-order chi connectivity index (χ0) is 30.0. The van der Waals surface area contributed by atoms with Crippen molar-refractivity contribution in [3.63, 3.8) is 0 Å². The lowest BCUT2D eigenvalue weighted by Gasteiger charge is -2.25. The van der Waals surface area contributed by atoms with Crippen molar-refractivity contribution in [1.29, 1.82) is 0 Å². The molecule has 2 aliphatic heterocycles. The summed E-state index contributed by atoms with van der Waals surface area (Å²) in [5.74, 6) is -0.499. The molecule has 3 aromatic rings. The van der Waals surface area contributed by atoms with E-state index in [4.69, 9.17) is 13.6 Å². The summed E-state index contributed by atoms with van der Waals surface area (Å²) in [6.45, 7) is 3.08. The number of methoxy groups -OCH3 is 2. The van der Waals surface area contributed by atoms with E-state index in [2.05, 4.69) is 10.4 Å². The Bertz CT molecular complexity index is 1590. The van der Waals surface area contributed by atoms with Crippen molar-refractivity contribution in [3.8, 4) is 11.5 Å². The maximum absolute atomic E-state index is 13.7. The molecule has 39 heavy (non-hydrogen) atoms. The van der Waals surface area contributed by atoms with Crippen LogP contribution >= 0.6 is 0 Å². The number of amides is 2. The molecule has 0 spiro atoms. The number of anilines is 1. The first-order valence-corrected chi connectivity index (χ1v) is 12.4. The van der Waals surface area contributed by atoms with E-state index in [0.29, 0.717) is 53.2 Å². The van der Waals surface area contributed by atoms with Gasteiger partial charge in [0, 0.05) is 37.8 Å². The summed E-state index contributed by atoms with van der Waals surface area (Å²) in [6, 6.07) is 16.5. The minimum atomic E-state index is -2.60. The lowest BCUT2D eigenvalue weighted by Crippen LogP contribution is -2.29. The van der Waals surface area contributed by atoms with Crippen molar-refractivity contribution < 1.29 is 27.6 Å². The Labute approximate surface area is 230 Å². The van der Waals surface area contributed by atoms with Crippen molar-refractivity contribution >= 4 is 23.2 Å². The van der Waals surface area contributed by atoms with Crippen molar-refractivity contribution in [2.45, 2.75) is 26.4 Å². The van der Waals surface area contributed by atoms with Gasteiger partial charge in [-0.25, -0.2) is 4.39 Å². The predicted octanol–water partition coefficient (Wildman–Crippen LogP) is 4.57. The molecule has 1 N–H and O–H groups in total. The van der Waals surface area contributed by atoms with Crippen molar-refractivity contribution in [2.75, 3.05) is 25.7 Å². The van der Waals surface area contributed by atoms with Gasteiger partial charge in [-0.05, 0) is 66.1 Å². The van der Waals surface area contributed by atoms with E-state index in [-0.39, 0.29) is 35.7 Å². The van der Waals surface area contributed by atoms with Gasteiger partial charge in [-0.2, -0.15) is 10.1 Å². The maximum atomic E-state index is 13.7. The smallest absolute Gasteiger partial charge is 0.282 e. The Morgan fingerprint density at radius 1 is 1.08 bits per heavy atom. The third-order valence-corrected chi connectivity index (χ3v) is 6.68. The molecule has 0 atom stereocenters. The van der Waals surface area contributed by atoms with Crippen LogP contribution in [-0.4, -0.2) is 43.1 Å². The molecule has 3 aromatic carbocycles. The molecule has 200 valence electrons. The van der Waals surface area contributed by atoms with Crippen LogP contribution in [0.1, 0.15) is 37.6 Å². The molecule has 9 heteroatoms. The summed E-state index contributed by atoms with van der Waals surface area (Å²) in [6.07, 6.45) is 2.41. The summed E-state index contributed by atoms with van der Waals surface area (Å²) < 4.78 is 45.6. The van der Waals surface area contributed by atoms with Gasteiger partial charge in [0.05, 0.1) is 35.2 Å². The molecule has 0 saturated carbocycles. The minimum Gasteiger partial charge on any atom is -0.493 e. The van der Waals surface area contributed by atoms with E-state index in [1.165, 1.54) is 24.3 Å². The highest BCUT2D eigenvalue weighted by Crippen LogP contribution is 2.29. The zero-order valence-electron chi connectivity index (χ0n) is 24.5. The largest absolute Gasteiger partial charge is 0.493 e. The topological polar surface area (TPSA) is 83.5 Å². The van der Waals surface area contributed by atoms with Gasteiger partial charge in [-0.3, -0.25) is 9.59 Å². The summed E-state index contributed by atoms with van der Waals surface area (Å²) in [5.41, 5.74) is 4.37. The molecule has 8 nitrogen and oxygen atoms in total. The van der Waals surface area contributed by atoms with Gasteiger partial charge in [0.25, 0.3) is 11.8 Å². The average molecular weight is 532 g/mol. The summed E-state index contributed by atoms with van der Waals surface area (Å²) in [5, 5.41) is 8.64. The fraction of sp³-hybridized carbons (Fsp3) is 0.233. The Kier molecular flexibility index (Phi) is 6.29. The number of nitrogens with one attached hydrogen (secondary N) is 1. The number of nitrogens with zero attached hydrogens (tertiary/aromatic N) is 3. The van der Waals surface area contributed by atoms with E-state index in [1.54, 1.807) is 43.3 Å². The van der Waals surface area contributed by atoms with Gasteiger partial charge in [0.15, 0.2) is 11.5 Å². The van der Waals surface area contributed by atoms with E-state index < -0.39 is 7.04 Å². The first-order chi connectivity index (χ1) is 20.0. The fourth-order valence-corrected chi connectivity index (χ4v) is 4.52. The second-order valence-corrected chi connectivity index (χ2v) is 9.33. The van der Waals surface area contributed by atoms with Gasteiger partial charge in [0.1, 0.15) is 5.82 Å². The number of hydrogen-bond acceptors (Lipinski definition) is 6. The number of hydrazone groups is 1. The highest BCUT2D eigenvalue weighted by atomic mass is 19.1. The number of aryl methyl sites for hydroxylation is 1. The van der Waals surface area contributed by atoms with E-state index >= 15 is 0 Å². The standard InChI is InChI=1S/C30H29FN4O4/c1-19-14-23(9-10-25(19)31)35-30(37)24-18-34(13-12-26(24)33-35)17-20-4-7-22(8-5-20)29(36)32-16-21-6-11-27(38-2)28(15-21)39-3/h4-11,14-15,18H,12-13,16-17H2,1-3H3,(H,32,36)/i2D3. The fourth-order valence-electron chi connectivity index (χ4n) is 4.52. The first kappa shape index (κ1) is 22.3. The van der Waals surface area contributed by atoms with E-state index in [0.717, 1.165) is 5.56 Å². The number of hydrogen-bond donors (Lipinski definition) is 1. The quantitative estimate of drug-likeness (QED) is 0.460. The lowest BCUT2D eigenvalue weighted by molar-refractivity contribution is -0.114. The molecule has 0 unspecified atom stereocenters. The Morgan fingerprint density at radius 3 is 2.62 bits per heavy atom. The van der Waals surface area contributed by atoms with Gasteiger partial charge >= 0.3 is 0 Å². The highest BCUT2D eigenvalue weighted by molar-refractivity contribution is 6.30. The number of halogens is 1. The lowest BCUT2D eigenvalue weighted by atomic mass is 10.0. The molecule has 2 aliphatic rings. The van der Waals surface area contributed by atoms with Gasteiger partial charge in [-0.1, -0.05) is 18.2 Å². The van der Waals surface area contributed by atoms with Gasteiger partial charge in [-0.15, -0.1) is 0 Å². The summed E-state index contributed by atoms with van der Waals surface area (Å²) >= 11 is 0. The number of fused-ring (bicyclic) bond motifs is 1. The zero-order valence-corrected chi connectivity index (χ0v) is 21.5. The SMILES string of the molecule is [2H]C([2H])([2H])Oc1ccc(CNC(=O)c2ccc(CN3C=C4C(=O)N(c5ccc(F)c(C)c5)N=C4CC3)cc2)cc1OC. The Balaban J connectivity index is 1.18. The van der Waals surface area contributed by atoms with Crippen LogP contribution in [0.15, 0.2) is 77.5 Å². The molecule has 0 radical (unpaired) electrons. The summed E-state index contributed by atoms with van der Waals surface area (Å²) in [7, 11) is -1.19. The van der Waals surface area contributed by atoms with Gasteiger partial charge in [0.2, 0.25) is 0 Å². The van der Waals surface area contributed by atoms with Crippen molar-refractivity contribution in [3.05, 3.63) is 101 Å². The van der Waals surface area contributed by atoms with Crippen LogP contribution < -0.4 is 19.8 Å². The number of ether oxygens (including phenoxy) is 2. The number of carbonyl (C=O) groups is 2. The third-order valence-electron chi connectivity index (χ3n) is 6.68. The van der Waals surface area contributed by atoms with E-state index in [9.17, 15) is 14.0 Å². The molecule has 0 aromatic heterocycles. The molecule has 0 saturated heterocycles. The Hall–Kier alpha value is -4.66. The van der Waals surface area contributed by atoms with Crippen LogP contribution in [0.3, 0.4) is 0 Å². The predicted molar refractivity (Wildman–Crippen MR) is 146 cm³/mol. The van der Waals surface area contributed by atoms with Crippen LogP contribution in [0.4, 0.5) is 10.1 Å². The first-order valence-electron chi connectivity index (χ1n) is 13.9. The number of carbonyl (C=O) groups excluding carboxylic acids is 2. The third kappa shape index (κ3) is 5.47. The van der Waals surface area contributed by atoms with Crippen molar-refractivity contribution in [2.24, 2.45) is 5.10 Å². The second kappa shape index (κ2) is 11.0. The molecule has 0 fully saturated rings. The molecule has 5 rings (SSSR count). The second-order valence-electron chi connectivity index (χ2n) is 9.33. The molecular formula is C30H29FN4O4. The molecule has 2 amide bonds. The van der Waals surface area contributed by atoms with Crippen LogP contribution in [0.25, 0.3) is 0 Å². The maximum Gasteiger partial charge on any atom is 0.282 e. The highest BCUT2D eigenvalue weighted by Gasteiger charge is 2.34. The number of benzene rings is 3. The van der Waals surface area contributed by atoms with Crippen LogP contribution in [0.5, 0.6) is 11.5 Å². The summed E-state index contributed by atoms with van der Waals surface area (Å²) in [4.78, 5) is 27.8. The minimum absolute atomic E-state index is 0.0913. The molecule has 2 heterocycles. The monoisotopic (exact) mass is 531 g/mol. The average Bonchev–Trinajstić information content (AvgIpc) is 3.29. The van der Waals surface area contributed by atoms with Crippen molar-refractivity contribution in [1.82, 2.24) is 10.2 Å². The normalized spacial score (nSPS) is 16.0. The molecule has 0 bridgehead atoms. The van der Waals surface area contributed by atoms with Crippen LogP contribution in [0, 0.1) is 12.7 Å².